The number of carbonyl (C=O) groups is 1. The number of thiazole rings is 1. The van der Waals surface area contributed by atoms with E-state index in [2.05, 4.69) is 10.3 Å². The van der Waals surface area contributed by atoms with Crippen molar-refractivity contribution in [2.45, 2.75) is 25.1 Å². The minimum Gasteiger partial charge on any atom is -0.374 e. The lowest BCUT2D eigenvalue weighted by atomic mass is 9.99. The lowest BCUT2D eigenvalue weighted by Crippen LogP contribution is -2.45. The molecule has 0 aliphatic carbocycles. The summed E-state index contributed by atoms with van der Waals surface area (Å²) in [5.74, 6) is -0.951. The van der Waals surface area contributed by atoms with Gasteiger partial charge in [0.1, 0.15) is 5.01 Å². The highest BCUT2D eigenvalue weighted by atomic mass is 32.1. The predicted molar refractivity (Wildman–Crippen MR) is 94.0 cm³/mol. The zero-order valence-corrected chi connectivity index (χ0v) is 14.5. The van der Waals surface area contributed by atoms with Gasteiger partial charge in [-0.05, 0) is 31.2 Å². The van der Waals surface area contributed by atoms with E-state index in [1.807, 2.05) is 6.92 Å². The molecule has 0 bridgehead atoms. The largest absolute Gasteiger partial charge is 0.424 e. The maximum Gasteiger partial charge on any atom is 0.424 e. The number of amides is 1. The number of aliphatic hydroxyl groups is 1. The monoisotopic (exact) mass is 380 g/mol. The van der Waals surface area contributed by atoms with Gasteiger partial charge >= 0.3 is 6.18 Å². The van der Waals surface area contributed by atoms with Gasteiger partial charge in [0.25, 0.3) is 0 Å². The van der Waals surface area contributed by atoms with Crippen molar-refractivity contribution in [2.75, 3.05) is 5.32 Å². The minimum absolute atomic E-state index is 0.342. The summed E-state index contributed by atoms with van der Waals surface area (Å²) in [6.07, 6.45) is -6.23. The molecule has 3 aromatic rings. The van der Waals surface area contributed by atoms with Crippen molar-refractivity contribution < 1.29 is 23.1 Å². The number of aryl methyl sites for hydroxylation is 1. The first kappa shape index (κ1) is 18.3. The second-order valence-electron chi connectivity index (χ2n) is 5.94. The van der Waals surface area contributed by atoms with E-state index < -0.39 is 29.1 Å². The van der Waals surface area contributed by atoms with E-state index in [4.69, 9.17) is 0 Å². The topological polar surface area (TPSA) is 62.2 Å². The Morgan fingerprint density at radius 1 is 1.15 bits per heavy atom. The Hall–Kier alpha value is -2.45. The molecule has 0 saturated carbocycles. The van der Waals surface area contributed by atoms with E-state index in [1.54, 1.807) is 48.5 Å². The van der Waals surface area contributed by atoms with Crippen molar-refractivity contribution in [3.8, 4) is 0 Å². The highest BCUT2D eigenvalue weighted by Crippen LogP contribution is 2.44. The van der Waals surface area contributed by atoms with Crippen LogP contribution in [0.25, 0.3) is 10.2 Å². The fourth-order valence-electron chi connectivity index (χ4n) is 2.42. The number of carbonyl (C=O) groups excluding carboxylic acids is 1. The predicted octanol–water partition coefficient (Wildman–Crippen LogP) is 4.38. The summed E-state index contributed by atoms with van der Waals surface area (Å²) in [7, 11) is 0. The number of alkyl halides is 3. The summed E-state index contributed by atoms with van der Waals surface area (Å²) >= 11 is 0.720. The van der Waals surface area contributed by atoms with Crippen LogP contribution in [-0.2, 0) is 10.4 Å². The Kier molecular flexibility index (Phi) is 4.72. The highest BCUT2D eigenvalue weighted by Gasteiger charge is 2.58. The Balaban J connectivity index is 1.90. The summed E-state index contributed by atoms with van der Waals surface area (Å²) in [5.41, 5.74) is -1.71. The number of rotatable bonds is 4. The minimum atomic E-state index is -5.05. The number of aromatic nitrogens is 1. The Morgan fingerprint density at radius 2 is 1.81 bits per heavy atom. The van der Waals surface area contributed by atoms with E-state index in [9.17, 15) is 23.1 Å². The number of anilines is 1. The number of hydrogen-bond donors (Lipinski definition) is 2. The molecular formula is C18H15F3N2O2S. The average molecular weight is 380 g/mol. The first-order chi connectivity index (χ1) is 12.2. The van der Waals surface area contributed by atoms with Crippen LogP contribution in [0.3, 0.4) is 0 Å². The number of benzene rings is 2. The van der Waals surface area contributed by atoms with Crippen molar-refractivity contribution in [3.05, 3.63) is 59.1 Å². The lowest BCUT2D eigenvalue weighted by molar-refractivity contribution is -0.266. The van der Waals surface area contributed by atoms with Crippen LogP contribution in [0.2, 0.25) is 0 Å². The van der Waals surface area contributed by atoms with Gasteiger partial charge < -0.3 is 10.4 Å². The number of halogens is 3. The number of fused-ring (bicyclic) bond motifs is 1. The van der Waals surface area contributed by atoms with E-state index >= 15 is 0 Å². The number of hydrogen-bond acceptors (Lipinski definition) is 4. The first-order valence-electron chi connectivity index (χ1n) is 7.71. The van der Waals surface area contributed by atoms with Gasteiger partial charge in [-0.3, -0.25) is 4.79 Å². The van der Waals surface area contributed by atoms with Crippen molar-refractivity contribution in [1.29, 1.82) is 0 Å². The first-order valence-corrected chi connectivity index (χ1v) is 8.52. The third-order valence-electron chi connectivity index (χ3n) is 3.87. The molecule has 26 heavy (non-hydrogen) atoms. The molecule has 1 aromatic heterocycles. The quantitative estimate of drug-likeness (QED) is 0.706. The van der Waals surface area contributed by atoms with Gasteiger partial charge in [-0.15, -0.1) is 11.3 Å². The summed E-state index contributed by atoms with van der Waals surface area (Å²) in [4.78, 5) is 16.0. The van der Waals surface area contributed by atoms with E-state index in [-0.39, 0.29) is 0 Å². The molecule has 1 amide bonds. The lowest BCUT2D eigenvalue weighted by Gasteiger charge is -2.27. The molecule has 0 aliphatic heterocycles. The zero-order chi connectivity index (χ0) is 18.9. The molecule has 0 unspecified atom stereocenters. The van der Waals surface area contributed by atoms with Crippen LogP contribution in [0.15, 0.2) is 48.5 Å². The van der Waals surface area contributed by atoms with Gasteiger partial charge in [-0.2, -0.15) is 13.2 Å². The molecule has 2 N–H and O–H groups in total. The Labute approximate surface area is 151 Å². The summed E-state index contributed by atoms with van der Waals surface area (Å²) in [6.45, 7) is 1.85. The van der Waals surface area contributed by atoms with E-state index in [0.717, 1.165) is 16.9 Å². The van der Waals surface area contributed by atoms with Crippen molar-refractivity contribution in [3.63, 3.8) is 0 Å². The van der Waals surface area contributed by atoms with E-state index in [1.165, 1.54) is 0 Å². The van der Waals surface area contributed by atoms with Crippen LogP contribution in [0.1, 0.15) is 17.0 Å². The molecular weight excluding hydrogens is 365 g/mol. The third-order valence-corrected chi connectivity index (χ3v) is 5.06. The van der Waals surface area contributed by atoms with Crippen LogP contribution in [-0.4, -0.2) is 22.2 Å². The Bertz CT molecular complexity index is 905. The van der Waals surface area contributed by atoms with Crippen LogP contribution in [0.4, 0.5) is 18.9 Å². The molecule has 136 valence electrons. The summed E-state index contributed by atoms with van der Waals surface area (Å²) < 4.78 is 41.3. The molecule has 0 fully saturated rings. The van der Waals surface area contributed by atoms with Gasteiger partial charge in [0.05, 0.1) is 16.6 Å². The molecule has 4 nitrogen and oxygen atoms in total. The molecule has 0 spiro atoms. The van der Waals surface area contributed by atoms with E-state index in [0.29, 0.717) is 15.9 Å². The smallest absolute Gasteiger partial charge is 0.374 e. The molecule has 0 radical (unpaired) electrons. The molecule has 1 heterocycles. The molecule has 0 saturated heterocycles. The van der Waals surface area contributed by atoms with Gasteiger partial charge in [0.2, 0.25) is 11.5 Å². The van der Waals surface area contributed by atoms with Gasteiger partial charge in [0.15, 0.2) is 0 Å². The van der Waals surface area contributed by atoms with Crippen LogP contribution >= 0.6 is 11.3 Å². The van der Waals surface area contributed by atoms with Crippen molar-refractivity contribution in [2.24, 2.45) is 0 Å². The highest BCUT2D eigenvalue weighted by molar-refractivity contribution is 7.18. The number of nitrogens with zero attached hydrogens (tertiary/aromatic N) is 1. The van der Waals surface area contributed by atoms with Crippen molar-refractivity contribution in [1.82, 2.24) is 4.98 Å². The molecule has 1 atom stereocenters. The third kappa shape index (κ3) is 3.56. The molecule has 8 heteroatoms. The summed E-state index contributed by atoms with van der Waals surface area (Å²) in [5, 5.41) is 12.2. The normalized spacial score (nSPS) is 14.2. The van der Waals surface area contributed by atoms with Gasteiger partial charge in [-0.25, -0.2) is 4.98 Å². The van der Waals surface area contributed by atoms with Crippen molar-refractivity contribution >= 4 is 33.1 Å². The van der Waals surface area contributed by atoms with Crippen LogP contribution in [0, 0.1) is 6.92 Å². The molecule has 3 rings (SSSR count). The van der Waals surface area contributed by atoms with Crippen LogP contribution < -0.4 is 5.32 Å². The number of para-hydroxylation sites is 1. The van der Waals surface area contributed by atoms with Gasteiger partial charge in [-0.1, -0.05) is 29.8 Å². The number of nitrogens with one attached hydrogen (secondary N) is 1. The second-order valence-corrected chi connectivity index (χ2v) is 6.97. The van der Waals surface area contributed by atoms with Crippen LogP contribution in [0.5, 0.6) is 0 Å². The average Bonchev–Trinajstić information content (AvgIpc) is 3.00. The Morgan fingerprint density at radius 3 is 2.42 bits per heavy atom. The maximum atomic E-state index is 13.6. The fourth-order valence-corrected chi connectivity index (χ4v) is 3.49. The summed E-state index contributed by atoms with van der Waals surface area (Å²) in [6, 6.07) is 13.1. The zero-order valence-electron chi connectivity index (χ0n) is 13.7. The molecule has 0 aliphatic rings. The standard InChI is InChI=1S/C18H15F3N2O2S/c1-11-6-8-12(9-7-11)22-15(24)10-17(25,18(19,20)21)16-23-13-4-2-3-5-14(13)26-16/h2-9,25H,10H2,1H3,(H,22,24)/t17-/m0/s1. The fraction of sp³-hybridized carbons (Fsp3) is 0.222. The second kappa shape index (κ2) is 6.69. The maximum absolute atomic E-state index is 13.6. The van der Waals surface area contributed by atoms with Gasteiger partial charge in [0, 0.05) is 5.69 Å². The molecule has 2 aromatic carbocycles. The SMILES string of the molecule is Cc1ccc(NC(=O)C[C@](O)(c2nc3ccccc3s2)C(F)(F)F)cc1.